The zero-order valence-electron chi connectivity index (χ0n) is 15.2. The van der Waals surface area contributed by atoms with Crippen molar-refractivity contribution in [2.24, 2.45) is 5.41 Å². The third-order valence-corrected chi connectivity index (χ3v) is 3.23. The maximum absolute atomic E-state index is 12.0. The molecule has 0 aliphatic heterocycles. The molecule has 0 bridgehead atoms. The van der Waals surface area contributed by atoms with E-state index in [-0.39, 0.29) is 24.0 Å². The van der Waals surface area contributed by atoms with Gasteiger partial charge in [0.15, 0.2) is 6.61 Å². The number of amides is 1. The average molecular weight is 317 g/mol. The van der Waals surface area contributed by atoms with Gasteiger partial charge in [-0.05, 0) is 46.8 Å². The quantitative estimate of drug-likeness (QED) is 0.782. The van der Waals surface area contributed by atoms with Gasteiger partial charge in [0.05, 0.1) is 7.11 Å². The largest absolute Gasteiger partial charge is 0.497 e. The molecular weight excluding hydrogens is 290 g/mol. The zero-order chi connectivity index (χ0) is 17.6. The van der Waals surface area contributed by atoms with Gasteiger partial charge in [0.1, 0.15) is 11.5 Å². The molecule has 1 amide bonds. The minimum Gasteiger partial charge on any atom is -0.497 e. The van der Waals surface area contributed by atoms with Crippen molar-refractivity contribution in [3.63, 3.8) is 0 Å². The molecule has 0 atom stereocenters. The van der Waals surface area contributed by atoms with Crippen molar-refractivity contribution in [2.75, 3.05) is 20.8 Å². The Morgan fingerprint density at radius 1 is 1.22 bits per heavy atom. The summed E-state index contributed by atoms with van der Waals surface area (Å²) in [6, 6.07) is 5.58. The van der Waals surface area contributed by atoms with Crippen LogP contribution in [0.2, 0.25) is 0 Å². The van der Waals surface area contributed by atoms with E-state index in [1.54, 1.807) is 25.1 Å². The van der Waals surface area contributed by atoms with Gasteiger partial charge >= 0.3 is 0 Å². The number of carbonyl (C=O) groups is 1. The summed E-state index contributed by atoms with van der Waals surface area (Å²) in [5.41, 5.74) is 0.721. The van der Waals surface area contributed by atoms with Crippen LogP contribution >= 0.6 is 0 Å². The smallest absolute Gasteiger partial charge is 0.260 e. The second-order valence-corrected chi connectivity index (χ2v) is 6.78. The van der Waals surface area contributed by atoms with Gasteiger partial charge < -0.3 is 14.4 Å². The van der Waals surface area contributed by atoms with E-state index in [0.717, 1.165) is 5.56 Å². The predicted octanol–water partition coefficient (Wildman–Crippen LogP) is 3.34. The normalized spacial score (nSPS) is 10.8. The SMILES string of the molecule is COc1cc(C#CC(C)(C)C)cc(OCC(=O)N(C)C(C)C)c1. The Labute approximate surface area is 139 Å². The van der Waals surface area contributed by atoms with Crippen molar-refractivity contribution in [3.05, 3.63) is 23.8 Å². The van der Waals surface area contributed by atoms with Crippen molar-refractivity contribution < 1.29 is 14.3 Å². The molecule has 4 heteroatoms. The molecule has 0 aromatic heterocycles. The topological polar surface area (TPSA) is 38.8 Å². The molecule has 0 unspecified atom stereocenters. The van der Waals surface area contributed by atoms with Crippen LogP contribution in [0.15, 0.2) is 18.2 Å². The Bertz CT molecular complexity index is 603. The fraction of sp³-hybridized carbons (Fsp3) is 0.526. The summed E-state index contributed by atoms with van der Waals surface area (Å²) < 4.78 is 10.9. The summed E-state index contributed by atoms with van der Waals surface area (Å²) in [5.74, 6) is 7.47. The minimum absolute atomic E-state index is 0.00597. The maximum atomic E-state index is 12.0. The van der Waals surface area contributed by atoms with E-state index >= 15 is 0 Å². The van der Waals surface area contributed by atoms with Crippen LogP contribution in [-0.2, 0) is 4.79 Å². The number of ether oxygens (including phenoxy) is 2. The molecule has 0 saturated carbocycles. The highest BCUT2D eigenvalue weighted by atomic mass is 16.5. The predicted molar refractivity (Wildman–Crippen MR) is 92.7 cm³/mol. The summed E-state index contributed by atoms with van der Waals surface area (Å²) >= 11 is 0. The van der Waals surface area contributed by atoms with Crippen molar-refractivity contribution in [3.8, 4) is 23.3 Å². The van der Waals surface area contributed by atoms with E-state index in [9.17, 15) is 4.79 Å². The number of methoxy groups -OCH3 is 1. The van der Waals surface area contributed by atoms with Gasteiger partial charge in [-0.25, -0.2) is 0 Å². The van der Waals surface area contributed by atoms with Crippen molar-refractivity contribution in [2.45, 2.75) is 40.7 Å². The number of rotatable bonds is 5. The van der Waals surface area contributed by atoms with Crippen LogP contribution in [0.4, 0.5) is 0 Å². The molecule has 0 radical (unpaired) electrons. The monoisotopic (exact) mass is 317 g/mol. The van der Waals surface area contributed by atoms with Gasteiger partial charge in [-0.3, -0.25) is 4.79 Å². The molecule has 4 nitrogen and oxygen atoms in total. The van der Waals surface area contributed by atoms with Crippen molar-refractivity contribution in [1.82, 2.24) is 4.90 Å². The van der Waals surface area contributed by atoms with Gasteiger partial charge in [0, 0.05) is 30.1 Å². The first-order chi connectivity index (χ1) is 10.6. The highest BCUT2D eigenvalue weighted by Gasteiger charge is 2.13. The molecule has 1 aromatic carbocycles. The highest BCUT2D eigenvalue weighted by Crippen LogP contribution is 2.23. The molecule has 1 rings (SSSR count). The lowest BCUT2D eigenvalue weighted by Gasteiger charge is -2.21. The Morgan fingerprint density at radius 3 is 2.35 bits per heavy atom. The van der Waals surface area contributed by atoms with E-state index in [0.29, 0.717) is 11.5 Å². The van der Waals surface area contributed by atoms with Crippen LogP contribution in [0.5, 0.6) is 11.5 Å². The van der Waals surface area contributed by atoms with Crippen LogP contribution in [-0.4, -0.2) is 37.6 Å². The van der Waals surface area contributed by atoms with Gasteiger partial charge in [-0.2, -0.15) is 0 Å². The number of likely N-dealkylation sites (N-methyl/N-ethyl adjacent to an activating group) is 1. The average Bonchev–Trinajstić information content (AvgIpc) is 2.48. The summed E-state index contributed by atoms with van der Waals surface area (Å²) in [5, 5.41) is 0. The van der Waals surface area contributed by atoms with Crippen LogP contribution in [0.1, 0.15) is 40.2 Å². The third-order valence-electron chi connectivity index (χ3n) is 3.23. The van der Waals surface area contributed by atoms with Gasteiger partial charge in [0.2, 0.25) is 0 Å². The first kappa shape index (κ1) is 18.9. The molecule has 126 valence electrons. The number of hydrogen-bond acceptors (Lipinski definition) is 3. The third kappa shape index (κ3) is 6.65. The maximum Gasteiger partial charge on any atom is 0.260 e. The number of hydrogen-bond donors (Lipinski definition) is 0. The fourth-order valence-electron chi connectivity index (χ4n) is 1.64. The van der Waals surface area contributed by atoms with E-state index in [2.05, 4.69) is 32.6 Å². The van der Waals surface area contributed by atoms with Crippen LogP contribution < -0.4 is 9.47 Å². The molecule has 0 spiro atoms. The van der Waals surface area contributed by atoms with E-state index in [1.165, 1.54) is 0 Å². The lowest BCUT2D eigenvalue weighted by molar-refractivity contribution is -0.133. The van der Waals surface area contributed by atoms with Crippen LogP contribution in [0.3, 0.4) is 0 Å². The summed E-state index contributed by atoms with van der Waals surface area (Å²) in [4.78, 5) is 13.6. The van der Waals surface area contributed by atoms with Gasteiger partial charge in [-0.15, -0.1) is 0 Å². The van der Waals surface area contributed by atoms with Gasteiger partial charge in [-0.1, -0.05) is 11.8 Å². The van der Waals surface area contributed by atoms with Crippen molar-refractivity contribution >= 4 is 5.91 Å². The zero-order valence-corrected chi connectivity index (χ0v) is 15.2. The van der Waals surface area contributed by atoms with Gasteiger partial charge in [0.25, 0.3) is 5.91 Å². The highest BCUT2D eigenvalue weighted by molar-refractivity contribution is 5.77. The Balaban J connectivity index is 2.90. The fourth-order valence-corrected chi connectivity index (χ4v) is 1.64. The first-order valence-corrected chi connectivity index (χ1v) is 7.73. The molecule has 0 N–H and O–H groups in total. The Kier molecular flexibility index (Phi) is 6.50. The van der Waals surface area contributed by atoms with E-state index < -0.39 is 0 Å². The Morgan fingerprint density at radius 2 is 1.83 bits per heavy atom. The number of benzene rings is 1. The molecular formula is C19H27NO3. The van der Waals surface area contributed by atoms with Crippen LogP contribution in [0.25, 0.3) is 0 Å². The summed E-state index contributed by atoms with van der Waals surface area (Å²) in [7, 11) is 3.36. The lowest BCUT2D eigenvalue weighted by Crippen LogP contribution is -2.36. The Hall–Kier alpha value is -2.15. The number of nitrogens with zero attached hydrogens (tertiary/aromatic N) is 1. The summed E-state index contributed by atoms with van der Waals surface area (Å²) in [6.07, 6.45) is 0. The standard InChI is InChI=1S/C19H27NO3/c1-14(2)20(6)18(21)13-23-17-11-15(8-9-19(3,4)5)10-16(12-17)22-7/h10-12,14H,13H2,1-7H3. The van der Waals surface area contributed by atoms with E-state index in [1.807, 2.05) is 26.0 Å². The first-order valence-electron chi connectivity index (χ1n) is 7.73. The van der Waals surface area contributed by atoms with Crippen molar-refractivity contribution in [1.29, 1.82) is 0 Å². The van der Waals surface area contributed by atoms with E-state index in [4.69, 9.17) is 9.47 Å². The van der Waals surface area contributed by atoms with Crippen LogP contribution in [0, 0.1) is 17.3 Å². The lowest BCUT2D eigenvalue weighted by atomic mass is 9.97. The summed E-state index contributed by atoms with van der Waals surface area (Å²) in [6.45, 7) is 10.1. The molecule has 1 aromatic rings. The number of carbonyl (C=O) groups excluding carboxylic acids is 1. The second-order valence-electron chi connectivity index (χ2n) is 6.78. The molecule has 23 heavy (non-hydrogen) atoms. The molecule has 0 aliphatic carbocycles. The molecule has 0 saturated heterocycles. The molecule has 0 fully saturated rings. The second kappa shape index (κ2) is 7.92. The molecule has 0 aliphatic rings. The molecule has 0 heterocycles. The minimum atomic E-state index is -0.0833.